The molecule has 0 bridgehead atoms. The van der Waals surface area contributed by atoms with Gasteiger partial charge in [0.1, 0.15) is 12.3 Å². The maximum absolute atomic E-state index is 12.2. The molecule has 0 aromatic heterocycles. The molecular weight excluding hydrogens is 449 g/mol. The van der Waals surface area contributed by atoms with Crippen LogP contribution in [0.4, 0.5) is 11.4 Å². The normalized spacial score (nSPS) is 21.5. The number of carbonyl (C=O) groups is 1. The summed E-state index contributed by atoms with van der Waals surface area (Å²) < 4.78 is 0. The smallest absolute Gasteiger partial charge is 0.147 e. The maximum Gasteiger partial charge on any atom is 0.147 e. The first-order valence-corrected chi connectivity index (χ1v) is 12.3. The fourth-order valence-corrected chi connectivity index (χ4v) is 5.52. The van der Waals surface area contributed by atoms with Crippen molar-refractivity contribution in [2.75, 3.05) is 55.3 Å². The van der Waals surface area contributed by atoms with E-state index >= 15 is 0 Å². The molecule has 2 heterocycles. The zero-order valence-electron chi connectivity index (χ0n) is 17.9. The van der Waals surface area contributed by atoms with Gasteiger partial charge in [-0.25, -0.2) is 0 Å². The van der Waals surface area contributed by atoms with Gasteiger partial charge in [0.2, 0.25) is 0 Å². The Kier molecular flexibility index (Phi) is 7.17. The number of piperazine rings is 1. The molecule has 2 fully saturated rings. The number of hydrogen-bond acceptors (Lipinski definition) is 5. The van der Waals surface area contributed by atoms with Gasteiger partial charge in [-0.15, -0.1) is 11.8 Å². The Bertz CT molecular complexity index is 989. The number of aldehydes is 1. The van der Waals surface area contributed by atoms with E-state index in [0.29, 0.717) is 10.0 Å². The van der Waals surface area contributed by atoms with Gasteiger partial charge in [-0.2, -0.15) is 0 Å². The lowest BCUT2D eigenvalue weighted by atomic mass is 10.0. The Labute approximate surface area is 198 Å². The zero-order valence-corrected chi connectivity index (χ0v) is 20.2. The molecule has 0 radical (unpaired) electrons. The Morgan fingerprint density at radius 2 is 1.77 bits per heavy atom. The van der Waals surface area contributed by atoms with Crippen molar-refractivity contribution in [3.8, 4) is 0 Å². The van der Waals surface area contributed by atoms with Crippen molar-refractivity contribution in [3.63, 3.8) is 0 Å². The van der Waals surface area contributed by atoms with Gasteiger partial charge < -0.3 is 19.5 Å². The van der Waals surface area contributed by atoms with Crippen LogP contribution in [0.3, 0.4) is 0 Å². The minimum atomic E-state index is -0.336. The zero-order chi connectivity index (χ0) is 22.0. The molecule has 2 aliphatic heterocycles. The molecule has 2 saturated heterocycles. The lowest BCUT2D eigenvalue weighted by molar-refractivity contribution is -0.108. The van der Waals surface area contributed by atoms with Gasteiger partial charge in [-0.3, -0.25) is 0 Å². The first kappa shape index (κ1) is 22.5. The van der Waals surface area contributed by atoms with E-state index in [9.17, 15) is 4.79 Å². The first-order valence-electron chi connectivity index (χ1n) is 10.5. The van der Waals surface area contributed by atoms with E-state index < -0.39 is 0 Å². The second-order valence-corrected chi connectivity index (χ2v) is 10.1. The predicted octanol–water partition coefficient (Wildman–Crippen LogP) is 5.22. The minimum absolute atomic E-state index is 0.336. The standard InChI is InChI=1S/C24H27Cl2N3OS/c1-17-3-6-22(28-9-7-27(2)8-10-28)18(13-17)14-24-23(16-30)29(11-12-31-24)19-4-5-20(25)21(26)15-19/h3-6,13-16,23H,7-12H2,1-2H3. The second kappa shape index (κ2) is 9.86. The van der Waals surface area contributed by atoms with Crippen LogP contribution in [0.15, 0.2) is 41.3 Å². The molecular formula is C24H27Cl2N3OS. The van der Waals surface area contributed by atoms with Crippen LogP contribution in [0.25, 0.3) is 6.08 Å². The topological polar surface area (TPSA) is 26.8 Å². The monoisotopic (exact) mass is 475 g/mol. The summed E-state index contributed by atoms with van der Waals surface area (Å²) in [6, 6.07) is 11.8. The van der Waals surface area contributed by atoms with Crippen LogP contribution >= 0.6 is 35.0 Å². The highest BCUT2D eigenvalue weighted by Gasteiger charge is 2.28. The highest BCUT2D eigenvalue weighted by Crippen LogP contribution is 2.37. The van der Waals surface area contributed by atoms with Crippen molar-refractivity contribution >= 4 is 58.7 Å². The number of aryl methyl sites for hydroxylation is 1. The molecule has 0 aliphatic carbocycles. The van der Waals surface area contributed by atoms with E-state index in [1.807, 2.05) is 12.1 Å². The third-order valence-corrected chi connectivity index (χ3v) is 7.74. The first-order chi connectivity index (χ1) is 15.0. The number of thioether (sulfide) groups is 1. The summed E-state index contributed by atoms with van der Waals surface area (Å²) >= 11 is 14.1. The van der Waals surface area contributed by atoms with Gasteiger partial charge in [0.05, 0.1) is 10.0 Å². The quantitative estimate of drug-likeness (QED) is 0.565. The van der Waals surface area contributed by atoms with E-state index in [1.165, 1.54) is 16.8 Å². The van der Waals surface area contributed by atoms with Crippen LogP contribution in [-0.4, -0.2) is 62.8 Å². The molecule has 0 N–H and O–H groups in total. The SMILES string of the molecule is Cc1ccc(N2CCN(C)CC2)c(C=C2SCCN(c3ccc(Cl)c(Cl)c3)C2C=O)c1. The molecule has 4 nitrogen and oxygen atoms in total. The Balaban J connectivity index is 1.68. The van der Waals surface area contributed by atoms with Crippen molar-refractivity contribution < 1.29 is 4.79 Å². The van der Waals surface area contributed by atoms with Crippen LogP contribution in [0.5, 0.6) is 0 Å². The molecule has 4 rings (SSSR count). The van der Waals surface area contributed by atoms with Crippen molar-refractivity contribution in [1.82, 2.24) is 4.90 Å². The summed E-state index contributed by atoms with van der Waals surface area (Å²) in [6.07, 6.45) is 3.24. The highest BCUT2D eigenvalue weighted by atomic mass is 35.5. The molecule has 2 aliphatic rings. The summed E-state index contributed by atoms with van der Waals surface area (Å²) in [5.74, 6) is 0.909. The van der Waals surface area contributed by atoms with Crippen molar-refractivity contribution in [2.24, 2.45) is 0 Å². The summed E-state index contributed by atoms with van der Waals surface area (Å²) in [4.78, 5) is 20.2. The van der Waals surface area contributed by atoms with Gasteiger partial charge in [-0.1, -0.05) is 34.8 Å². The molecule has 2 aromatic carbocycles. The highest BCUT2D eigenvalue weighted by molar-refractivity contribution is 8.03. The van der Waals surface area contributed by atoms with E-state index in [2.05, 4.69) is 52.9 Å². The van der Waals surface area contributed by atoms with E-state index in [1.54, 1.807) is 17.8 Å². The van der Waals surface area contributed by atoms with Crippen LogP contribution < -0.4 is 9.80 Å². The second-order valence-electron chi connectivity index (χ2n) is 8.12. The van der Waals surface area contributed by atoms with Gasteiger partial charge in [0, 0.05) is 54.8 Å². The molecule has 0 amide bonds. The van der Waals surface area contributed by atoms with Gasteiger partial charge in [0.25, 0.3) is 0 Å². The lowest BCUT2D eigenvalue weighted by Crippen LogP contribution is -2.44. The van der Waals surface area contributed by atoms with Gasteiger partial charge in [-0.05, 0) is 55.9 Å². The van der Waals surface area contributed by atoms with E-state index in [4.69, 9.17) is 23.2 Å². The van der Waals surface area contributed by atoms with Gasteiger partial charge in [0.15, 0.2) is 0 Å². The van der Waals surface area contributed by atoms with Crippen molar-refractivity contribution in [3.05, 3.63) is 62.5 Å². The molecule has 31 heavy (non-hydrogen) atoms. The van der Waals surface area contributed by atoms with E-state index in [0.717, 1.165) is 55.4 Å². The number of hydrogen-bond donors (Lipinski definition) is 0. The fraction of sp³-hybridized carbons (Fsp3) is 0.375. The van der Waals surface area contributed by atoms with Gasteiger partial charge >= 0.3 is 0 Å². The third-order valence-electron chi connectivity index (χ3n) is 5.92. The largest absolute Gasteiger partial charge is 0.368 e. The summed E-state index contributed by atoms with van der Waals surface area (Å²) in [6.45, 7) is 7.03. The molecule has 0 spiro atoms. The van der Waals surface area contributed by atoms with Crippen molar-refractivity contribution in [1.29, 1.82) is 0 Å². The van der Waals surface area contributed by atoms with Crippen LogP contribution in [0.2, 0.25) is 10.0 Å². The number of nitrogens with zero attached hydrogens (tertiary/aromatic N) is 3. The minimum Gasteiger partial charge on any atom is -0.368 e. The number of carbonyl (C=O) groups excluding carboxylic acids is 1. The number of benzene rings is 2. The van der Waals surface area contributed by atoms with Crippen LogP contribution in [-0.2, 0) is 4.79 Å². The predicted molar refractivity (Wildman–Crippen MR) is 135 cm³/mol. The number of rotatable bonds is 4. The van der Waals surface area contributed by atoms with E-state index in [-0.39, 0.29) is 6.04 Å². The summed E-state index contributed by atoms with van der Waals surface area (Å²) in [5, 5.41) is 1.02. The Morgan fingerprint density at radius 3 is 2.48 bits per heavy atom. The summed E-state index contributed by atoms with van der Waals surface area (Å²) in [5.41, 5.74) is 4.55. The molecule has 2 aromatic rings. The number of likely N-dealkylation sites (N-methyl/N-ethyl adjacent to an activating group) is 1. The molecule has 164 valence electrons. The Morgan fingerprint density at radius 1 is 1.00 bits per heavy atom. The average molecular weight is 476 g/mol. The number of anilines is 2. The van der Waals surface area contributed by atoms with Crippen LogP contribution in [0.1, 0.15) is 11.1 Å². The number of halogens is 2. The molecule has 1 unspecified atom stereocenters. The fourth-order valence-electron chi connectivity index (χ4n) is 4.14. The average Bonchev–Trinajstić information content (AvgIpc) is 2.76. The molecule has 1 atom stereocenters. The summed E-state index contributed by atoms with van der Waals surface area (Å²) in [7, 11) is 2.17. The van der Waals surface area contributed by atoms with Crippen molar-refractivity contribution in [2.45, 2.75) is 13.0 Å². The van der Waals surface area contributed by atoms with Crippen LogP contribution in [0, 0.1) is 6.92 Å². The Hall–Kier alpha value is -1.66. The lowest BCUT2D eigenvalue weighted by Gasteiger charge is -2.37. The third kappa shape index (κ3) is 5.06. The molecule has 7 heteroatoms. The molecule has 0 saturated carbocycles. The maximum atomic E-state index is 12.2.